The number of nitrogens with zero attached hydrogens (tertiary/aromatic N) is 1. The Labute approximate surface area is 66.1 Å². The largest absolute Gasteiger partial charge is 0.458 e. The van der Waals surface area contributed by atoms with Gasteiger partial charge in [-0.3, -0.25) is 9.59 Å². The van der Waals surface area contributed by atoms with Crippen LogP contribution in [0.15, 0.2) is 0 Å². The van der Waals surface area contributed by atoms with Gasteiger partial charge in [0.2, 0.25) is 0 Å². The summed E-state index contributed by atoms with van der Waals surface area (Å²) < 4.78 is 4.31. The molecule has 0 rings (SSSR count). The maximum absolute atomic E-state index is 11.0. The summed E-state index contributed by atoms with van der Waals surface area (Å²) in [5.74, 6) is -0.151. The molecule has 0 saturated heterocycles. The zero-order valence-electron chi connectivity index (χ0n) is 6.87. The Bertz CT molecular complexity index is 132. The summed E-state index contributed by atoms with van der Waals surface area (Å²) in [5.41, 5.74) is 0. The third-order valence-corrected chi connectivity index (χ3v) is 1.39. The second-order valence-electron chi connectivity index (χ2n) is 1.97. The van der Waals surface area contributed by atoms with Gasteiger partial charge in [-0.05, 0) is 13.8 Å². The smallest absolute Gasteiger partial charge is 0.293 e. The van der Waals surface area contributed by atoms with Crippen LogP contribution in [0, 0.1) is 0 Å². The lowest BCUT2D eigenvalue weighted by molar-refractivity contribution is -0.143. The van der Waals surface area contributed by atoms with Crippen molar-refractivity contribution in [1.82, 2.24) is 4.90 Å². The van der Waals surface area contributed by atoms with E-state index in [1.807, 2.05) is 13.8 Å². The second-order valence-corrected chi connectivity index (χ2v) is 1.97. The fourth-order valence-corrected chi connectivity index (χ4v) is 0.773. The first-order valence-electron chi connectivity index (χ1n) is 3.59. The summed E-state index contributed by atoms with van der Waals surface area (Å²) in [6.07, 6.45) is 0. The highest BCUT2D eigenvalue weighted by Gasteiger charge is 2.08. The number of ether oxygens (including phenoxy) is 1. The van der Waals surface area contributed by atoms with E-state index in [9.17, 15) is 9.59 Å². The molecule has 0 spiro atoms. The van der Waals surface area contributed by atoms with Crippen LogP contribution in [-0.4, -0.2) is 37.0 Å². The van der Waals surface area contributed by atoms with Gasteiger partial charge in [-0.2, -0.15) is 0 Å². The Hall–Kier alpha value is -1.06. The van der Waals surface area contributed by atoms with Crippen LogP contribution in [0.2, 0.25) is 0 Å². The van der Waals surface area contributed by atoms with Crippen LogP contribution in [0.5, 0.6) is 0 Å². The molecule has 0 aromatic rings. The molecule has 4 heteroatoms. The van der Waals surface area contributed by atoms with Crippen LogP contribution in [-0.2, 0) is 14.3 Å². The van der Waals surface area contributed by atoms with Gasteiger partial charge in [0.25, 0.3) is 12.4 Å². The van der Waals surface area contributed by atoms with E-state index in [0.717, 1.165) is 0 Å². The molecule has 0 fully saturated rings. The Morgan fingerprint density at radius 2 is 2.00 bits per heavy atom. The van der Waals surface area contributed by atoms with Crippen LogP contribution in [0.4, 0.5) is 0 Å². The maximum Gasteiger partial charge on any atom is 0.293 e. The molecule has 0 bridgehead atoms. The second kappa shape index (κ2) is 5.70. The molecular formula is C7H13NO3. The zero-order valence-corrected chi connectivity index (χ0v) is 6.87. The topological polar surface area (TPSA) is 46.6 Å². The van der Waals surface area contributed by atoms with Crippen molar-refractivity contribution in [3.8, 4) is 0 Å². The van der Waals surface area contributed by atoms with Gasteiger partial charge < -0.3 is 9.64 Å². The van der Waals surface area contributed by atoms with Crippen LogP contribution in [0.3, 0.4) is 0 Å². The highest BCUT2D eigenvalue weighted by atomic mass is 16.5. The van der Waals surface area contributed by atoms with E-state index in [0.29, 0.717) is 13.1 Å². The van der Waals surface area contributed by atoms with Crippen molar-refractivity contribution in [2.75, 3.05) is 19.7 Å². The van der Waals surface area contributed by atoms with E-state index in [4.69, 9.17) is 0 Å². The molecule has 0 heterocycles. The molecule has 0 N–H and O–H groups in total. The molecule has 0 unspecified atom stereocenters. The van der Waals surface area contributed by atoms with Crippen molar-refractivity contribution in [3.05, 3.63) is 0 Å². The van der Waals surface area contributed by atoms with Gasteiger partial charge in [0.15, 0.2) is 6.61 Å². The van der Waals surface area contributed by atoms with Crippen LogP contribution in [0.25, 0.3) is 0 Å². The average Bonchev–Trinajstić information content (AvgIpc) is 2.03. The Balaban J connectivity index is 3.69. The van der Waals surface area contributed by atoms with E-state index in [2.05, 4.69) is 4.74 Å². The predicted molar refractivity (Wildman–Crippen MR) is 39.9 cm³/mol. The summed E-state index contributed by atoms with van der Waals surface area (Å²) in [6.45, 7) is 5.19. The molecule has 1 amide bonds. The first kappa shape index (κ1) is 9.94. The molecule has 4 nitrogen and oxygen atoms in total. The molecule has 0 aliphatic carbocycles. The lowest BCUT2D eigenvalue weighted by atomic mass is 10.5. The Morgan fingerprint density at radius 3 is 2.36 bits per heavy atom. The lowest BCUT2D eigenvalue weighted by Gasteiger charge is -2.17. The van der Waals surface area contributed by atoms with Crippen LogP contribution < -0.4 is 0 Å². The van der Waals surface area contributed by atoms with Gasteiger partial charge in [0.1, 0.15) is 0 Å². The van der Waals surface area contributed by atoms with Gasteiger partial charge in [-0.15, -0.1) is 0 Å². The lowest BCUT2D eigenvalue weighted by Crippen LogP contribution is -2.33. The van der Waals surface area contributed by atoms with E-state index < -0.39 is 0 Å². The first-order chi connectivity index (χ1) is 5.26. The summed E-state index contributed by atoms with van der Waals surface area (Å²) in [7, 11) is 0. The number of amides is 1. The van der Waals surface area contributed by atoms with E-state index in [1.165, 1.54) is 0 Å². The maximum atomic E-state index is 11.0. The van der Waals surface area contributed by atoms with Gasteiger partial charge in [-0.1, -0.05) is 0 Å². The summed E-state index contributed by atoms with van der Waals surface area (Å²) in [6, 6.07) is 0. The molecule has 0 aliphatic rings. The number of hydrogen-bond donors (Lipinski definition) is 0. The van der Waals surface area contributed by atoms with Crippen LogP contribution >= 0.6 is 0 Å². The van der Waals surface area contributed by atoms with E-state index >= 15 is 0 Å². The number of carbonyl (C=O) groups is 2. The Morgan fingerprint density at radius 1 is 1.45 bits per heavy atom. The van der Waals surface area contributed by atoms with E-state index in [-0.39, 0.29) is 19.0 Å². The highest BCUT2D eigenvalue weighted by Crippen LogP contribution is 1.88. The molecule has 0 saturated carbocycles. The fraction of sp³-hybridized carbons (Fsp3) is 0.714. The van der Waals surface area contributed by atoms with Gasteiger partial charge in [-0.25, -0.2) is 0 Å². The number of carbonyl (C=O) groups excluding carboxylic acids is 2. The molecule has 0 atom stereocenters. The van der Waals surface area contributed by atoms with Gasteiger partial charge in [0.05, 0.1) is 0 Å². The van der Waals surface area contributed by atoms with Crippen LogP contribution in [0.1, 0.15) is 13.8 Å². The predicted octanol–water partition coefficient (Wildman–Crippen LogP) is 0.0278. The first-order valence-corrected chi connectivity index (χ1v) is 3.59. The fourth-order valence-electron chi connectivity index (χ4n) is 0.773. The minimum absolute atomic E-state index is 0.148. The zero-order chi connectivity index (χ0) is 8.69. The number of rotatable bonds is 5. The number of hydrogen-bond acceptors (Lipinski definition) is 3. The summed E-state index contributed by atoms with van der Waals surface area (Å²) in [4.78, 5) is 22.3. The quantitative estimate of drug-likeness (QED) is 0.531. The average molecular weight is 159 g/mol. The van der Waals surface area contributed by atoms with Crippen molar-refractivity contribution in [2.24, 2.45) is 0 Å². The van der Waals surface area contributed by atoms with Gasteiger partial charge in [0, 0.05) is 13.1 Å². The molecule has 64 valence electrons. The van der Waals surface area contributed by atoms with Crippen molar-refractivity contribution < 1.29 is 14.3 Å². The van der Waals surface area contributed by atoms with Crippen molar-refractivity contribution in [1.29, 1.82) is 0 Å². The standard InChI is InChI=1S/C7H13NO3/c1-3-8(4-2)7(10)5-11-6-9/h6H,3-5H2,1-2H3. The van der Waals surface area contributed by atoms with Crippen molar-refractivity contribution >= 4 is 12.4 Å². The summed E-state index contributed by atoms with van der Waals surface area (Å²) >= 11 is 0. The molecule has 0 aromatic heterocycles. The Kier molecular flexibility index (Phi) is 5.15. The minimum atomic E-state index is -0.151. The third kappa shape index (κ3) is 3.60. The van der Waals surface area contributed by atoms with Gasteiger partial charge >= 0.3 is 0 Å². The van der Waals surface area contributed by atoms with Crippen molar-refractivity contribution in [3.63, 3.8) is 0 Å². The molecule has 0 aliphatic heterocycles. The number of likely N-dealkylation sites (N-methyl/N-ethyl adjacent to an activating group) is 1. The normalized spacial score (nSPS) is 8.91. The molecule has 0 aromatic carbocycles. The SMILES string of the molecule is CCN(CC)C(=O)COC=O. The molecule has 0 radical (unpaired) electrons. The van der Waals surface area contributed by atoms with Crippen molar-refractivity contribution in [2.45, 2.75) is 13.8 Å². The molecule has 11 heavy (non-hydrogen) atoms. The summed E-state index contributed by atoms with van der Waals surface area (Å²) in [5, 5.41) is 0. The van der Waals surface area contributed by atoms with E-state index in [1.54, 1.807) is 4.90 Å². The minimum Gasteiger partial charge on any atom is -0.458 e. The molecular weight excluding hydrogens is 146 g/mol. The highest BCUT2D eigenvalue weighted by molar-refractivity contribution is 5.78. The third-order valence-electron chi connectivity index (χ3n) is 1.39. The monoisotopic (exact) mass is 159 g/mol.